The van der Waals surface area contributed by atoms with Gasteiger partial charge in [-0.2, -0.15) is 0 Å². The molecule has 0 aliphatic carbocycles. The highest BCUT2D eigenvalue weighted by atomic mass is 31.2. The van der Waals surface area contributed by atoms with Crippen LogP contribution in [0.1, 0.15) is 0 Å². The van der Waals surface area contributed by atoms with Crippen molar-refractivity contribution in [2.75, 3.05) is 6.66 Å². The highest BCUT2D eigenvalue weighted by Crippen LogP contribution is 2.41. The summed E-state index contributed by atoms with van der Waals surface area (Å²) in [6, 6.07) is 37.2. The van der Waals surface area contributed by atoms with Gasteiger partial charge in [0.2, 0.25) is 0 Å². The molecule has 0 saturated carbocycles. The predicted octanol–water partition coefficient (Wildman–Crippen LogP) is 6.89. The van der Waals surface area contributed by atoms with E-state index in [1.54, 1.807) is 0 Å². The van der Waals surface area contributed by atoms with E-state index < -0.39 is 7.14 Å². The maximum absolute atomic E-state index is 14.0. The SMILES string of the molecule is CP(=O)(c1ccccc1)c1ccc2c(c1)c1ccc3ccccc3c1n1c3ccccc3nc21. The van der Waals surface area contributed by atoms with Crippen LogP contribution in [0.25, 0.3) is 49.1 Å². The molecule has 0 saturated heterocycles. The molecule has 2 heterocycles. The Balaban J connectivity index is 1.69. The number of para-hydroxylation sites is 2. The second-order valence-electron chi connectivity index (χ2n) is 8.93. The van der Waals surface area contributed by atoms with Crippen molar-refractivity contribution >= 4 is 66.9 Å². The van der Waals surface area contributed by atoms with Gasteiger partial charge in [0, 0.05) is 26.8 Å². The molecule has 0 bridgehead atoms. The van der Waals surface area contributed by atoms with Gasteiger partial charge in [-0.1, -0.05) is 84.9 Å². The van der Waals surface area contributed by atoms with Crippen LogP contribution in [0.3, 0.4) is 0 Å². The zero-order valence-corrected chi connectivity index (χ0v) is 19.5. The van der Waals surface area contributed by atoms with Crippen LogP contribution in [-0.4, -0.2) is 16.0 Å². The van der Waals surface area contributed by atoms with Crippen LogP contribution in [0, 0.1) is 0 Å². The molecular weight excluding hydrogens is 435 g/mol. The first kappa shape index (κ1) is 19.5. The summed E-state index contributed by atoms with van der Waals surface area (Å²) in [5, 5.41) is 7.39. The van der Waals surface area contributed by atoms with Crippen LogP contribution in [0.15, 0.2) is 109 Å². The summed E-state index contributed by atoms with van der Waals surface area (Å²) in [4.78, 5) is 5.04. The van der Waals surface area contributed by atoms with Crippen molar-refractivity contribution in [1.82, 2.24) is 9.38 Å². The van der Waals surface area contributed by atoms with Crippen LogP contribution in [0.4, 0.5) is 0 Å². The molecular formula is C30H21N2OP. The molecule has 1 atom stereocenters. The Morgan fingerprint density at radius 2 is 1.38 bits per heavy atom. The van der Waals surface area contributed by atoms with Gasteiger partial charge >= 0.3 is 0 Å². The predicted molar refractivity (Wildman–Crippen MR) is 144 cm³/mol. The third-order valence-electron chi connectivity index (χ3n) is 6.96. The first-order valence-electron chi connectivity index (χ1n) is 11.4. The zero-order valence-electron chi connectivity index (χ0n) is 18.6. The van der Waals surface area contributed by atoms with E-state index in [1.807, 2.05) is 49.1 Å². The Bertz CT molecular complexity index is 1950. The first-order valence-corrected chi connectivity index (χ1v) is 13.6. The lowest BCUT2D eigenvalue weighted by Crippen LogP contribution is -2.14. The van der Waals surface area contributed by atoms with E-state index in [-0.39, 0.29) is 0 Å². The monoisotopic (exact) mass is 456 g/mol. The van der Waals surface area contributed by atoms with Gasteiger partial charge in [0.05, 0.1) is 16.6 Å². The molecule has 0 aliphatic rings. The third-order valence-corrected chi connectivity index (χ3v) is 9.51. The van der Waals surface area contributed by atoms with Gasteiger partial charge < -0.3 is 4.57 Å². The summed E-state index contributed by atoms with van der Waals surface area (Å²) < 4.78 is 16.3. The standard InChI is InChI=1S/C30H21N2OP/c1-34(33,21-10-3-2-4-11-21)22-16-18-25-26(19-22)24-17-15-20-9-5-6-12-23(20)29(24)32-28-14-8-7-13-27(28)31-30(25)32/h2-19H,1H3. The molecule has 0 amide bonds. The second kappa shape index (κ2) is 7.03. The average Bonchev–Trinajstić information content (AvgIpc) is 3.28. The van der Waals surface area contributed by atoms with Gasteiger partial charge in [0.1, 0.15) is 12.8 Å². The number of fused-ring (bicyclic) bond motifs is 10. The van der Waals surface area contributed by atoms with E-state index in [4.69, 9.17) is 4.98 Å². The summed E-state index contributed by atoms with van der Waals surface area (Å²) >= 11 is 0. The second-order valence-corrected chi connectivity index (χ2v) is 11.8. The fourth-order valence-electron chi connectivity index (χ4n) is 5.22. The summed E-state index contributed by atoms with van der Waals surface area (Å²) in [5.41, 5.74) is 4.13. The molecule has 2 aromatic heterocycles. The number of pyridine rings is 1. The Morgan fingerprint density at radius 3 is 2.26 bits per heavy atom. The van der Waals surface area contributed by atoms with E-state index in [0.29, 0.717) is 0 Å². The molecule has 1 unspecified atom stereocenters. The average molecular weight is 456 g/mol. The zero-order chi connectivity index (χ0) is 22.9. The molecule has 0 aliphatic heterocycles. The van der Waals surface area contributed by atoms with Gasteiger partial charge in [-0.3, -0.25) is 4.40 Å². The molecule has 162 valence electrons. The molecule has 0 N–H and O–H groups in total. The Hall–Kier alpha value is -3.94. The van der Waals surface area contributed by atoms with Crippen molar-refractivity contribution in [1.29, 1.82) is 0 Å². The molecule has 4 heteroatoms. The van der Waals surface area contributed by atoms with Crippen molar-refractivity contribution in [3.8, 4) is 0 Å². The molecule has 0 spiro atoms. The number of rotatable bonds is 2. The van der Waals surface area contributed by atoms with Gasteiger partial charge in [0.25, 0.3) is 0 Å². The van der Waals surface area contributed by atoms with Crippen LogP contribution in [0.2, 0.25) is 0 Å². The minimum absolute atomic E-state index is 0.862. The molecule has 7 aromatic rings. The van der Waals surface area contributed by atoms with Crippen LogP contribution in [0.5, 0.6) is 0 Å². The fourth-order valence-corrected chi connectivity index (χ4v) is 7.00. The smallest absolute Gasteiger partial charge is 0.146 e. The maximum Gasteiger partial charge on any atom is 0.146 e. The molecule has 34 heavy (non-hydrogen) atoms. The van der Waals surface area contributed by atoms with E-state index in [0.717, 1.165) is 49.0 Å². The highest BCUT2D eigenvalue weighted by molar-refractivity contribution is 7.78. The third kappa shape index (κ3) is 2.65. The van der Waals surface area contributed by atoms with E-state index in [1.165, 1.54) is 10.8 Å². The summed E-state index contributed by atoms with van der Waals surface area (Å²) in [6.07, 6.45) is 0. The lowest BCUT2D eigenvalue weighted by atomic mass is 10.0. The van der Waals surface area contributed by atoms with Crippen LogP contribution in [-0.2, 0) is 4.57 Å². The Labute approximate surface area is 196 Å². The number of aromatic nitrogens is 2. The van der Waals surface area contributed by atoms with E-state index >= 15 is 0 Å². The van der Waals surface area contributed by atoms with Gasteiger partial charge in [-0.15, -0.1) is 0 Å². The lowest BCUT2D eigenvalue weighted by molar-refractivity contribution is 0.590. The fraction of sp³-hybridized carbons (Fsp3) is 0.0333. The number of hydrogen-bond donors (Lipinski definition) is 0. The van der Waals surface area contributed by atoms with Crippen molar-refractivity contribution in [3.63, 3.8) is 0 Å². The van der Waals surface area contributed by atoms with Crippen molar-refractivity contribution in [2.24, 2.45) is 0 Å². The number of hydrogen-bond acceptors (Lipinski definition) is 2. The van der Waals surface area contributed by atoms with Crippen molar-refractivity contribution in [3.05, 3.63) is 109 Å². The van der Waals surface area contributed by atoms with E-state index in [9.17, 15) is 4.57 Å². The van der Waals surface area contributed by atoms with Crippen LogP contribution < -0.4 is 10.6 Å². The minimum atomic E-state index is -2.74. The molecule has 3 nitrogen and oxygen atoms in total. The normalized spacial score (nSPS) is 13.8. The van der Waals surface area contributed by atoms with Gasteiger partial charge in [-0.25, -0.2) is 4.98 Å². The first-order chi connectivity index (χ1) is 16.6. The Kier molecular flexibility index (Phi) is 4.04. The molecule has 0 fully saturated rings. The van der Waals surface area contributed by atoms with Crippen LogP contribution >= 0.6 is 7.14 Å². The van der Waals surface area contributed by atoms with Crippen molar-refractivity contribution in [2.45, 2.75) is 0 Å². The number of imidazole rings is 1. The quantitative estimate of drug-likeness (QED) is 0.210. The highest BCUT2D eigenvalue weighted by Gasteiger charge is 2.23. The van der Waals surface area contributed by atoms with Gasteiger partial charge in [-0.05, 0) is 41.7 Å². The number of benzene rings is 5. The Morgan fingerprint density at radius 1 is 0.647 bits per heavy atom. The summed E-state index contributed by atoms with van der Waals surface area (Å²) in [5.74, 6) is 0. The topological polar surface area (TPSA) is 34.4 Å². The molecule has 7 rings (SSSR count). The van der Waals surface area contributed by atoms with Crippen molar-refractivity contribution < 1.29 is 4.57 Å². The van der Waals surface area contributed by atoms with E-state index in [2.05, 4.69) is 71.1 Å². The summed E-state index contributed by atoms with van der Waals surface area (Å²) in [7, 11) is -2.74. The molecule has 0 radical (unpaired) electrons. The maximum atomic E-state index is 14.0. The summed E-state index contributed by atoms with van der Waals surface area (Å²) in [6.45, 7) is 1.86. The van der Waals surface area contributed by atoms with Gasteiger partial charge in [0.15, 0.2) is 0 Å². The number of nitrogens with zero attached hydrogens (tertiary/aromatic N) is 2. The lowest BCUT2D eigenvalue weighted by Gasteiger charge is -2.17. The minimum Gasteiger partial charge on any atom is -0.314 e. The molecule has 5 aromatic carbocycles. The largest absolute Gasteiger partial charge is 0.314 e.